The molecule has 0 amide bonds. The topological polar surface area (TPSA) is 45.0 Å². The van der Waals surface area contributed by atoms with Crippen LogP contribution in [0, 0.1) is 5.82 Å². The van der Waals surface area contributed by atoms with E-state index >= 15 is 4.39 Å². The van der Waals surface area contributed by atoms with Crippen LogP contribution >= 0.6 is 0 Å². The molecule has 5 rings (SSSR count). The van der Waals surface area contributed by atoms with Gasteiger partial charge >= 0.3 is 0 Å². The van der Waals surface area contributed by atoms with Crippen LogP contribution in [0.1, 0.15) is 38.3 Å². The first-order chi connectivity index (χ1) is 18.5. The van der Waals surface area contributed by atoms with E-state index in [1.807, 2.05) is 24.4 Å². The summed E-state index contributed by atoms with van der Waals surface area (Å²) in [7, 11) is 1.72. The molecule has 1 aliphatic heterocycles. The van der Waals surface area contributed by atoms with Gasteiger partial charge in [0.15, 0.2) is 5.65 Å². The van der Waals surface area contributed by atoms with E-state index in [0.29, 0.717) is 24.0 Å². The number of hydrogen-bond donors (Lipinski definition) is 1. The molecular formula is C31H38FN5O. The van der Waals surface area contributed by atoms with E-state index in [1.165, 1.54) is 11.1 Å². The van der Waals surface area contributed by atoms with E-state index in [1.54, 1.807) is 19.4 Å². The highest BCUT2D eigenvalue weighted by Gasteiger charge is 2.22. The molecule has 1 atom stereocenters. The van der Waals surface area contributed by atoms with Crippen molar-refractivity contribution in [1.82, 2.24) is 14.3 Å². The summed E-state index contributed by atoms with van der Waals surface area (Å²) in [6, 6.07) is 16.6. The van der Waals surface area contributed by atoms with Crippen molar-refractivity contribution in [2.75, 3.05) is 43.5 Å². The molecule has 1 fully saturated rings. The van der Waals surface area contributed by atoms with E-state index < -0.39 is 0 Å². The number of anilines is 3. The molecule has 0 spiro atoms. The van der Waals surface area contributed by atoms with Crippen molar-refractivity contribution in [3.05, 3.63) is 77.9 Å². The standard InChI is InChI=1S/C31H38FN5O/c1-5-22(3)35-15-17-36(18-16-35)30-11-9-26(20-27(30)32)34-28-10-12-29(37-14-13-33-31(28)37)24-7-8-25(21-38-4)23(6-2)19-24/h7-14,19-20,22,34H,5-6,15-18,21H2,1-4H3. The summed E-state index contributed by atoms with van der Waals surface area (Å²) in [5, 5.41) is 3.39. The summed E-state index contributed by atoms with van der Waals surface area (Å²) >= 11 is 0. The SMILES string of the molecule is CCc1cc(-c2ccc(Nc3ccc(N4CCN(C(C)CC)CC4)c(F)c3)c3nccn23)ccc1COC. The average Bonchev–Trinajstić information content (AvgIpc) is 3.44. The number of aromatic nitrogens is 2. The first-order valence-electron chi connectivity index (χ1n) is 13.6. The van der Waals surface area contributed by atoms with Gasteiger partial charge in [0.2, 0.25) is 0 Å². The van der Waals surface area contributed by atoms with Crippen LogP contribution in [0.5, 0.6) is 0 Å². The van der Waals surface area contributed by atoms with Crippen molar-refractivity contribution in [2.45, 2.75) is 46.3 Å². The first kappa shape index (κ1) is 26.2. The minimum absolute atomic E-state index is 0.203. The monoisotopic (exact) mass is 515 g/mol. The van der Waals surface area contributed by atoms with Crippen LogP contribution in [0.25, 0.3) is 16.9 Å². The predicted octanol–water partition coefficient (Wildman–Crippen LogP) is 6.51. The number of imidazole rings is 1. The third kappa shape index (κ3) is 5.26. The fourth-order valence-electron chi connectivity index (χ4n) is 5.42. The number of halogens is 1. The normalized spacial score (nSPS) is 15.2. The van der Waals surface area contributed by atoms with Gasteiger partial charge in [-0.05, 0) is 72.9 Å². The summed E-state index contributed by atoms with van der Waals surface area (Å²) in [5.41, 5.74) is 7.67. The van der Waals surface area contributed by atoms with Crippen molar-refractivity contribution < 1.29 is 9.13 Å². The second-order valence-corrected chi connectivity index (χ2v) is 10.1. The van der Waals surface area contributed by atoms with E-state index in [0.717, 1.165) is 61.6 Å². The molecule has 0 radical (unpaired) electrons. The summed E-state index contributed by atoms with van der Waals surface area (Å²) in [4.78, 5) is 9.25. The number of piperazine rings is 1. The minimum atomic E-state index is -0.203. The fraction of sp³-hybridized carbons (Fsp3) is 0.387. The maximum absolute atomic E-state index is 15.2. The van der Waals surface area contributed by atoms with Gasteiger partial charge in [0.1, 0.15) is 5.82 Å². The number of rotatable bonds is 9. The molecular weight excluding hydrogens is 477 g/mol. The third-order valence-corrected chi connectivity index (χ3v) is 7.83. The molecule has 0 aliphatic carbocycles. The van der Waals surface area contributed by atoms with Crippen LogP contribution in [0.4, 0.5) is 21.5 Å². The molecule has 38 heavy (non-hydrogen) atoms. The Morgan fingerprint density at radius 2 is 1.82 bits per heavy atom. The molecule has 1 saturated heterocycles. The Morgan fingerprint density at radius 1 is 1.00 bits per heavy atom. The number of nitrogens with zero attached hydrogens (tertiary/aromatic N) is 4. The van der Waals surface area contributed by atoms with Gasteiger partial charge in [-0.3, -0.25) is 9.30 Å². The number of aryl methyl sites for hydroxylation is 1. The highest BCUT2D eigenvalue weighted by atomic mass is 19.1. The van der Waals surface area contributed by atoms with Gasteiger partial charge in [-0.15, -0.1) is 0 Å². The van der Waals surface area contributed by atoms with Crippen molar-refractivity contribution in [1.29, 1.82) is 0 Å². The van der Waals surface area contributed by atoms with Crippen LogP contribution in [0.15, 0.2) is 60.9 Å². The summed E-state index contributed by atoms with van der Waals surface area (Å²) in [6.45, 7) is 10.9. The van der Waals surface area contributed by atoms with E-state index in [2.05, 4.69) is 69.5 Å². The average molecular weight is 516 g/mol. The summed E-state index contributed by atoms with van der Waals surface area (Å²) < 4.78 is 22.7. The molecule has 0 saturated carbocycles. The predicted molar refractivity (Wildman–Crippen MR) is 154 cm³/mol. The molecule has 4 aromatic rings. The highest BCUT2D eigenvalue weighted by molar-refractivity contribution is 5.78. The Labute approximate surface area is 225 Å². The largest absolute Gasteiger partial charge is 0.380 e. The van der Waals surface area contributed by atoms with Crippen LogP contribution in [-0.2, 0) is 17.8 Å². The minimum Gasteiger partial charge on any atom is -0.380 e. The molecule has 3 heterocycles. The van der Waals surface area contributed by atoms with Crippen molar-refractivity contribution in [2.24, 2.45) is 0 Å². The lowest BCUT2D eigenvalue weighted by molar-refractivity contribution is 0.184. The van der Waals surface area contributed by atoms with Crippen molar-refractivity contribution in [3.63, 3.8) is 0 Å². The fourth-order valence-corrected chi connectivity index (χ4v) is 5.42. The Bertz CT molecular complexity index is 1390. The molecule has 0 bridgehead atoms. The van der Waals surface area contributed by atoms with Crippen molar-refractivity contribution in [3.8, 4) is 11.3 Å². The van der Waals surface area contributed by atoms with Gasteiger partial charge in [0.25, 0.3) is 0 Å². The van der Waals surface area contributed by atoms with Gasteiger partial charge < -0.3 is 15.0 Å². The maximum atomic E-state index is 15.2. The van der Waals surface area contributed by atoms with Crippen molar-refractivity contribution >= 4 is 22.7 Å². The number of pyridine rings is 1. The number of benzene rings is 2. The molecule has 1 aliphatic rings. The second-order valence-electron chi connectivity index (χ2n) is 10.1. The molecule has 2 aromatic carbocycles. The molecule has 6 nitrogen and oxygen atoms in total. The number of fused-ring (bicyclic) bond motifs is 1. The Balaban J connectivity index is 1.36. The van der Waals surface area contributed by atoms with Crippen LogP contribution < -0.4 is 10.2 Å². The summed E-state index contributed by atoms with van der Waals surface area (Å²) in [5.74, 6) is -0.203. The van der Waals surface area contributed by atoms with E-state index in [-0.39, 0.29) is 5.82 Å². The molecule has 1 unspecified atom stereocenters. The van der Waals surface area contributed by atoms with Gasteiger partial charge in [0, 0.05) is 57.4 Å². The van der Waals surface area contributed by atoms with Gasteiger partial charge in [-0.2, -0.15) is 0 Å². The lowest BCUT2D eigenvalue weighted by Crippen LogP contribution is -2.49. The third-order valence-electron chi connectivity index (χ3n) is 7.83. The van der Waals surface area contributed by atoms with Gasteiger partial charge in [-0.1, -0.05) is 26.0 Å². The molecule has 200 valence electrons. The van der Waals surface area contributed by atoms with Crippen LogP contribution in [0.3, 0.4) is 0 Å². The zero-order chi connectivity index (χ0) is 26.6. The lowest BCUT2D eigenvalue weighted by atomic mass is 10.00. The Kier molecular flexibility index (Phi) is 7.95. The van der Waals surface area contributed by atoms with Gasteiger partial charge in [-0.25, -0.2) is 9.37 Å². The molecule has 2 aromatic heterocycles. The number of nitrogens with one attached hydrogen (secondary N) is 1. The van der Waals surface area contributed by atoms with E-state index in [9.17, 15) is 0 Å². The lowest BCUT2D eigenvalue weighted by Gasteiger charge is -2.39. The Hall–Kier alpha value is -3.42. The summed E-state index contributed by atoms with van der Waals surface area (Å²) in [6.07, 6.45) is 5.84. The van der Waals surface area contributed by atoms with Crippen LogP contribution in [-0.4, -0.2) is 53.6 Å². The zero-order valence-electron chi connectivity index (χ0n) is 22.9. The molecule has 7 heteroatoms. The van der Waals surface area contributed by atoms with Gasteiger partial charge in [0.05, 0.1) is 23.7 Å². The number of methoxy groups -OCH3 is 1. The quantitative estimate of drug-likeness (QED) is 0.275. The molecule has 1 N–H and O–H groups in total. The smallest absolute Gasteiger partial charge is 0.161 e. The number of hydrogen-bond acceptors (Lipinski definition) is 5. The maximum Gasteiger partial charge on any atom is 0.161 e. The second kappa shape index (κ2) is 11.5. The highest BCUT2D eigenvalue weighted by Crippen LogP contribution is 2.31. The zero-order valence-corrected chi connectivity index (χ0v) is 22.9. The Morgan fingerprint density at radius 3 is 2.53 bits per heavy atom. The van der Waals surface area contributed by atoms with Crippen LogP contribution in [0.2, 0.25) is 0 Å². The van der Waals surface area contributed by atoms with E-state index in [4.69, 9.17) is 4.74 Å². The number of ether oxygens (including phenoxy) is 1. The first-order valence-corrected chi connectivity index (χ1v) is 13.6.